The Morgan fingerprint density at radius 3 is 2.00 bits per heavy atom. The fraction of sp³-hybridized carbons (Fsp3) is 0.750. The van der Waals surface area contributed by atoms with Crippen molar-refractivity contribution >= 4 is 0 Å². The molecule has 0 N–H and O–H groups in total. The van der Waals surface area contributed by atoms with Crippen LogP contribution in [0.15, 0.2) is 0 Å². The van der Waals surface area contributed by atoms with Gasteiger partial charge in [0.2, 0.25) is 0 Å². The second-order valence-corrected chi connectivity index (χ2v) is 1.91. The fourth-order valence-corrected chi connectivity index (χ4v) is 0.604. The van der Waals surface area contributed by atoms with E-state index < -0.39 is 0 Å². The predicted octanol–water partition coefficient (Wildman–Crippen LogP) is 3.24. The van der Waals surface area contributed by atoms with Crippen molar-refractivity contribution in [3.05, 3.63) is 14.4 Å². The molecule has 0 heterocycles. The molecule has 55 valence electrons. The van der Waals surface area contributed by atoms with Crippen molar-refractivity contribution in [1.82, 2.24) is 0 Å². The van der Waals surface area contributed by atoms with Gasteiger partial charge in [0, 0.05) is 32.7 Å². The molecule has 0 aromatic heterocycles. The van der Waals surface area contributed by atoms with Gasteiger partial charge in [-0.3, -0.25) is 0 Å². The Morgan fingerprint density at radius 1 is 1.11 bits per heavy atom. The number of unbranched alkanes of at least 4 members (excludes halogenated alkanes) is 4. The molecule has 0 unspecified atom stereocenters. The molecule has 9 heavy (non-hydrogen) atoms. The summed E-state index contributed by atoms with van der Waals surface area (Å²) in [5, 5.41) is 0. The van der Waals surface area contributed by atoms with E-state index in [1.54, 1.807) is 0 Å². The van der Waals surface area contributed by atoms with Crippen LogP contribution in [-0.2, 0) is 32.7 Å². The third kappa shape index (κ3) is 17.6. The summed E-state index contributed by atoms with van der Waals surface area (Å²) in [7, 11) is 0. The molecule has 0 aliphatic carbocycles. The van der Waals surface area contributed by atoms with Gasteiger partial charge in [0.25, 0.3) is 0 Å². The van der Waals surface area contributed by atoms with E-state index in [2.05, 4.69) is 13.8 Å². The van der Waals surface area contributed by atoms with Crippen molar-refractivity contribution in [2.75, 3.05) is 0 Å². The largest absolute Gasteiger partial charge is 0.358 e. The Labute approximate surface area is 85.7 Å². The minimum atomic E-state index is 0. The zero-order chi connectivity index (χ0) is 5.54. The molecule has 0 aromatic rings. The normalized spacial score (nSPS) is 7.33. The molecule has 0 atom stereocenters. The van der Waals surface area contributed by atoms with Gasteiger partial charge in [-0.05, 0) is 0 Å². The summed E-state index contributed by atoms with van der Waals surface area (Å²) in [6, 6.07) is 0. The van der Waals surface area contributed by atoms with E-state index in [1.165, 1.54) is 25.7 Å². The Bertz CT molecular complexity index is 23.7. The van der Waals surface area contributed by atoms with E-state index in [1.807, 2.05) is 0 Å². The van der Waals surface area contributed by atoms with Gasteiger partial charge in [-0.15, -0.1) is 0 Å². The van der Waals surface area contributed by atoms with E-state index in [4.69, 9.17) is 0 Å². The van der Waals surface area contributed by atoms with Crippen molar-refractivity contribution in [2.24, 2.45) is 0 Å². The van der Waals surface area contributed by atoms with E-state index in [0.29, 0.717) is 0 Å². The Hall–Kier alpha value is 1.10. The first-order valence-corrected chi connectivity index (χ1v) is 3.21. The molecule has 0 fully saturated rings. The van der Waals surface area contributed by atoms with Crippen LogP contribution in [0.4, 0.5) is 0 Å². The zero-order valence-corrected chi connectivity index (χ0v) is 9.66. The first-order valence-electron chi connectivity index (χ1n) is 3.21. The van der Waals surface area contributed by atoms with Gasteiger partial charge in [0.05, 0.1) is 0 Å². The number of hydrogen-bond acceptors (Lipinski definition) is 0. The number of hydrogen-bond donors (Lipinski definition) is 0. The summed E-state index contributed by atoms with van der Waals surface area (Å²) < 4.78 is 0. The van der Waals surface area contributed by atoms with Gasteiger partial charge >= 0.3 is 0 Å². The molecule has 0 saturated carbocycles. The molecule has 0 amide bonds. The fourth-order valence-electron chi connectivity index (χ4n) is 0.604. The minimum absolute atomic E-state index is 0. The van der Waals surface area contributed by atoms with Crippen LogP contribution in [0.1, 0.15) is 39.0 Å². The molecule has 0 saturated heterocycles. The maximum absolute atomic E-state index is 3.76. The van der Waals surface area contributed by atoms with Gasteiger partial charge in [0.1, 0.15) is 0 Å². The summed E-state index contributed by atoms with van der Waals surface area (Å²) in [5.41, 5.74) is 0. The molecule has 0 nitrogen and oxygen atoms in total. The maximum atomic E-state index is 3.76. The third-order valence-corrected chi connectivity index (χ3v) is 1.10. The van der Waals surface area contributed by atoms with Crippen molar-refractivity contribution < 1.29 is 32.7 Å². The first kappa shape index (κ1) is 16.6. The molecule has 0 aliphatic rings. The van der Waals surface area contributed by atoms with Crippen LogP contribution in [0.3, 0.4) is 0 Å². The maximum Gasteiger partial charge on any atom is 0 e. The van der Waals surface area contributed by atoms with E-state index in [0.717, 1.165) is 6.42 Å². The smallest absolute Gasteiger partial charge is 0 e. The second-order valence-electron chi connectivity index (χ2n) is 1.91. The van der Waals surface area contributed by atoms with E-state index >= 15 is 0 Å². The Balaban J connectivity index is -0.000000180. The SMILES string of the molecule is [CH2-]CCCCCC.[CH3-].[Y]. The molecule has 1 heteroatoms. The number of rotatable bonds is 4. The van der Waals surface area contributed by atoms with Crippen molar-refractivity contribution in [2.45, 2.75) is 39.0 Å². The monoisotopic (exact) mass is 203 g/mol. The molecular weight excluding hydrogens is 185 g/mol. The van der Waals surface area contributed by atoms with Crippen LogP contribution in [-0.4, -0.2) is 0 Å². The van der Waals surface area contributed by atoms with E-state index in [-0.39, 0.29) is 40.1 Å². The minimum Gasteiger partial charge on any atom is -0.358 e. The summed E-state index contributed by atoms with van der Waals surface area (Å²) in [6.45, 7) is 5.98. The quantitative estimate of drug-likeness (QED) is 0.486. The van der Waals surface area contributed by atoms with Crippen LogP contribution < -0.4 is 0 Å². The molecule has 1 radical (unpaired) electrons. The van der Waals surface area contributed by atoms with Crippen LogP contribution in [0.2, 0.25) is 0 Å². The molecular formula is C8H18Y-2. The topological polar surface area (TPSA) is 0 Å². The van der Waals surface area contributed by atoms with Gasteiger partial charge in [0.15, 0.2) is 0 Å². The van der Waals surface area contributed by atoms with E-state index in [9.17, 15) is 0 Å². The summed E-state index contributed by atoms with van der Waals surface area (Å²) in [4.78, 5) is 0. The van der Waals surface area contributed by atoms with Crippen LogP contribution in [0, 0.1) is 14.4 Å². The van der Waals surface area contributed by atoms with Crippen LogP contribution >= 0.6 is 0 Å². The standard InChI is InChI=1S/C7H15.CH3.Y/c1-3-5-7-6-4-2;;/h1,3-7H2,2H3;1H3;/q2*-1;. The summed E-state index contributed by atoms with van der Waals surface area (Å²) >= 11 is 0. The van der Waals surface area contributed by atoms with Gasteiger partial charge in [-0.25, -0.2) is 0 Å². The second kappa shape index (κ2) is 16.0. The third-order valence-electron chi connectivity index (χ3n) is 1.10. The summed E-state index contributed by atoms with van der Waals surface area (Å²) in [6.07, 6.45) is 6.52. The van der Waals surface area contributed by atoms with Gasteiger partial charge in [-0.1, -0.05) is 32.6 Å². The van der Waals surface area contributed by atoms with Crippen molar-refractivity contribution in [1.29, 1.82) is 0 Å². The van der Waals surface area contributed by atoms with Crippen LogP contribution in [0.5, 0.6) is 0 Å². The zero-order valence-electron chi connectivity index (χ0n) is 6.82. The molecule has 0 aromatic carbocycles. The van der Waals surface area contributed by atoms with Gasteiger partial charge < -0.3 is 14.4 Å². The predicted molar refractivity (Wildman–Crippen MR) is 40.5 cm³/mol. The average molecular weight is 203 g/mol. The Kier molecular flexibility index (Phi) is 29.6. The summed E-state index contributed by atoms with van der Waals surface area (Å²) in [5.74, 6) is 0. The molecule has 0 bridgehead atoms. The van der Waals surface area contributed by atoms with Crippen LogP contribution in [0.25, 0.3) is 0 Å². The average Bonchev–Trinajstić information content (AvgIpc) is 1.69. The first-order chi connectivity index (χ1) is 3.41. The Morgan fingerprint density at radius 2 is 1.67 bits per heavy atom. The molecule has 0 aliphatic heterocycles. The van der Waals surface area contributed by atoms with Crippen molar-refractivity contribution in [3.8, 4) is 0 Å². The van der Waals surface area contributed by atoms with Crippen molar-refractivity contribution in [3.63, 3.8) is 0 Å². The molecule has 0 rings (SSSR count). The molecule has 0 spiro atoms. The van der Waals surface area contributed by atoms with Gasteiger partial charge in [-0.2, -0.15) is 6.42 Å².